The first-order valence-corrected chi connectivity index (χ1v) is 9.70. The van der Waals surface area contributed by atoms with Gasteiger partial charge in [-0.25, -0.2) is 13.1 Å². The molecule has 0 radical (unpaired) electrons. The van der Waals surface area contributed by atoms with Crippen LogP contribution in [-0.4, -0.2) is 41.6 Å². The van der Waals surface area contributed by atoms with Crippen LogP contribution in [0.2, 0.25) is 0 Å². The number of sulfonamides is 1. The summed E-state index contributed by atoms with van der Waals surface area (Å²) in [4.78, 5) is 11.9. The Morgan fingerprint density at radius 2 is 1.89 bits per heavy atom. The van der Waals surface area contributed by atoms with Gasteiger partial charge in [0.25, 0.3) is 0 Å². The first-order valence-electron chi connectivity index (χ1n) is 8.21. The van der Waals surface area contributed by atoms with Crippen LogP contribution in [0.25, 0.3) is 6.08 Å². The Kier molecular flexibility index (Phi) is 7.39. The summed E-state index contributed by atoms with van der Waals surface area (Å²) >= 11 is 0. The normalized spacial score (nSPS) is 11.3. The average Bonchev–Trinajstić information content (AvgIpc) is 2.70. The molecule has 0 unspecified atom stereocenters. The number of nitrogens with one attached hydrogen (secondary N) is 2. The molecule has 0 aliphatic heterocycles. The van der Waals surface area contributed by atoms with Gasteiger partial charge in [-0.05, 0) is 43.0 Å². The van der Waals surface area contributed by atoms with Crippen molar-refractivity contribution in [2.24, 2.45) is 0 Å². The zero-order valence-electron chi connectivity index (χ0n) is 15.1. The molecule has 0 atom stereocenters. The van der Waals surface area contributed by atoms with Gasteiger partial charge in [0.2, 0.25) is 15.9 Å². The largest absolute Gasteiger partial charge is 0.495 e. The molecular formula is C19H22N2O5S. The molecule has 0 saturated carbocycles. The lowest BCUT2D eigenvalue weighted by Gasteiger charge is -2.09. The van der Waals surface area contributed by atoms with E-state index in [1.54, 1.807) is 6.07 Å². The first kappa shape index (κ1) is 20.5. The Morgan fingerprint density at radius 1 is 1.15 bits per heavy atom. The number of rotatable bonds is 9. The zero-order chi connectivity index (χ0) is 19.7. The quantitative estimate of drug-likeness (QED) is 0.503. The smallest absolute Gasteiger partial charge is 0.244 e. The molecule has 0 fully saturated rings. The van der Waals surface area contributed by atoms with Gasteiger partial charge in [0, 0.05) is 6.08 Å². The van der Waals surface area contributed by atoms with Gasteiger partial charge in [0.15, 0.2) is 0 Å². The third-order valence-corrected chi connectivity index (χ3v) is 5.02. The topological polar surface area (TPSA) is 93.7 Å². The minimum atomic E-state index is -3.67. The molecule has 0 heterocycles. The summed E-state index contributed by atoms with van der Waals surface area (Å²) in [5.41, 5.74) is 0.556. The van der Waals surface area contributed by atoms with Crippen molar-refractivity contribution in [1.29, 1.82) is 0 Å². The van der Waals surface area contributed by atoms with Crippen molar-refractivity contribution < 1.29 is 22.7 Å². The third-order valence-electron chi connectivity index (χ3n) is 3.59. The van der Waals surface area contributed by atoms with Crippen LogP contribution in [0.3, 0.4) is 0 Å². The summed E-state index contributed by atoms with van der Waals surface area (Å²) < 4.78 is 36.9. The molecule has 144 valence electrons. The third kappa shape index (κ3) is 6.12. The molecule has 1 amide bonds. The number of carbonyl (C=O) groups is 1. The van der Waals surface area contributed by atoms with Crippen molar-refractivity contribution in [2.45, 2.75) is 4.90 Å². The number of carbonyl (C=O) groups excluding carboxylic acids is 1. The number of hydrogen-bond donors (Lipinski definition) is 2. The Bertz CT molecular complexity index is 896. The summed E-state index contributed by atoms with van der Waals surface area (Å²) in [6, 6.07) is 13.9. The van der Waals surface area contributed by atoms with Crippen molar-refractivity contribution in [3.8, 4) is 11.5 Å². The molecule has 8 heteroatoms. The second kappa shape index (κ2) is 9.75. The Labute approximate surface area is 159 Å². The minimum absolute atomic E-state index is 0.00585. The fraction of sp³-hybridized carbons (Fsp3) is 0.211. The number of methoxy groups -OCH3 is 1. The predicted molar refractivity (Wildman–Crippen MR) is 103 cm³/mol. The first-order chi connectivity index (χ1) is 13.0. The van der Waals surface area contributed by atoms with Crippen molar-refractivity contribution in [2.75, 3.05) is 27.3 Å². The molecule has 0 aliphatic rings. The van der Waals surface area contributed by atoms with Gasteiger partial charge in [0.05, 0.1) is 13.7 Å². The van der Waals surface area contributed by atoms with Gasteiger partial charge in [-0.15, -0.1) is 0 Å². The molecule has 0 spiro atoms. The summed E-state index contributed by atoms with van der Waals surface area (Å²) in [5, 5.41) is 2.70. The lowest BCUT2D eigenvalue weighted by Crippen LogP contribution is -2.26. The lowest BCUT2D eigenvalue weighted by molar-refractivity contribution is -0.116. The number of hydrogen-bond acceptors (Lipinski definition) is 5. The van der Waals surface area contributed by atoms with Crippen LogP contribution in [0.5, 0.6) is 11.5 Å². The Hall–Kier alpha value is -2.84. The molecule has 0 aliphatic carbocycles. The van der Waals surface area contributed by atoms with Crippen molar-refractivity contribution in [1.82, 2.24) is 10.0 Å². The highest BCUT2D eigenvalue weighted by Crippen LogP contribution is 2.25. The van der Waals surface area contributed by atoms with Crippen LogP contribution in [0, 0.1) is 0 Å². The summed E-state index contributed by atoms with van der Waals surface area (Å²) in [5.74, 6) is 0.656. The van der Waals surface area contributed by atoms with E-state index in [-0.39, 0.29) is 16.6 Å². The van der Waals surface area contributed by atoms with Crippen LogP contribution in [0.4, 0.5) is 0 Å². The molecule has 2 N–H and O–H groups in total. The number of amides is 1. The summed E-state index contributed by atoms with van der Waals surface area (Å²) in [6.45, 7) is 0.691. The van der Waals surface area contributed by atoms with Crippen LogP contribution >= 0.6 is 0 Å². The molecule has 7 nitrogen and oxygen atoms in total. The van der Waals surface area contributed by atoms with E-state index < -0.39 is 10.0 Å². The summed E-state index contributed by atoms with van der Waals surface area (Å²) in [7, 11) is -0.957. The van der Waals surface area contributed by atoms with E-state index in [0.717, 1.165) is 5.75 Å². The highest BCUT2D eigenvalue weighted by atomic mass is 32.2. The zero-order valence-corrected chi connectivity index (χ0v) is 16.0. The maximum atomic E-state index is 12.1. The highest BCUT2D eigenvalue weighted by Gasteiger charge is 2.17. The molecule has 0 bridgehead atoms. The lowest BCUT2D eigenvalue weighted by atomic mass is 10.2. The molecule has 2 rings (SSSR count). The standard InChI is InChI=1S/C19H22N2O5S/c1-20-27(23,24)18-14-15(8-10-17(18)25-2)9-11-19(22)21-12-13-26-16-6-4-3-5-7-16/h3-11,14,20H,12-13H2,1-2H3,(H,21,22)/b11-9+. The molecule has 2 aromatic rings. The summed E-state index contributed by atoms with van der Waals surface area (Å²) in [6.07, 6.45) is 2.86. The van der Waals surface area contributed by atoms with Gasteiger partial charge < -0.3 is 14.8 Å². The van der Waals surface area contributed by atoms with E-state index in [4.69, 9.17) is 9.47 Å². The van der Waals surface area contributed by atoms with Crippen LogP contribution in [-0.2, 0) is 14.8 Å². The predicted octanol–water partition coefficient (Wildman–Crippen LogP) is 1.81. The van der Waals surface area contributed by atoms with Crippen LogP contribution < -0.4 is 19.5 Å². The minimum Gasteiger partial charge on any atom is -0.495 e. The van der Waals surface area contributed by atoms with Gasteiger partial charge in [0.1, 0.15) is 23.0 Å². The van der Waals surface area contributed by atoms with E-state index >= 15 is 0 Å². The van der Waals surface area contributed by atoms with E-state index in [2.05, 4.69) is 10.0 Å². The number of ether oxygens (including phenoxy) is 2. The fourth-order valence-electron chi connectivity index (χ4n) is 2.21. The van der Waals surface area contributed by atoms with Crippen molar-refractivity contribution >= 4 is 22.0 Å². The second-order valence-electron chi connectivity index (χ2n) is 5.40. The van der Waals surface area contributed by atoms with Gasteiger partial charge in [-0.3, -0.25) is 4.79 Å². The fourth-order valence-corrected chi connectivity index (χ4v) is 3.13. The monoisotopic (exact) mass is 390 g/mol. The maximum absolute atomic E-state index is 12.1. The molecule has 27 heavy (non-hydrogen) atoms. The van der Waals surface area contributed by atoms with Crippen molar-refractivity contribution in [3.63, 3.8) is 0 Å². The Morgan fingerprint density at radius 3 is 2.56 bits per heavy atom. The molecule has 2 aromatic carbocycles. The van der Waals surface area contributed by atoms with Gasteiger partial charge in [-0.1, -0.05) is 24.3 Å². The average molecular weight is 390 g/mol. The van der Waals surface area contributed by atoms with Gasteiger partial charge in [-0.2, -0.15) is 0 Å². The van der Waals surface area contributed by atoms with E-state index in [0.29, 0.717) is 18.7 Å². The van der Waals surface area contributed by atoms with E-state index in [9.17, 15) is 13.2 Å². The Balaban J connectivity index is 1.92. The highest BCUT2D eigenvalue weighted by molar-refractivity contribution is 7.89. The van der Waals surface area contributed by atoms with Crippen LogP contribution in [0.15, 0.2) is 59.5 Å². The van der Waals surface area contributed by atoms with Gasteiger partial charge >= 0.3 is 0 Å². The molecule has 0 saturated heterocycles. The number of para-hydroxylation sites is 1. The second-order valence-corrected chi connectivity index (χ2v) is 7.26. The molecular weight excluding hydrogens is 368 g/mol. The van der Waals surface area contributed by atoms with Crippen molar-refractivity contribution in [3.05, 3.63) is 60.2 Å². The van der Waals surface area contributed by atoms with Crippen LogP contribution in [0.1, 0.15) is 5.56 Å². The number of benzene rings is 2. The maximum Gasteiger partial charge on any atom is 0.244 e. The van der Waals surface area contributed by atoms with E-state index in [1.165, 1.54) is 38.4 Å². The van der Waals surface area contributed by atoms with E-state index in [1.807, 2.05) is 30.3 Å². The molecule has 0 aromatic heterocycles. The SMILES string of the molecule is CNS(=O)(=O)c1cc(/C=C/C(=O)NCCOc2ccccc2)ccc1OC.